The van der Waals surface area contributed by atoms with E-state index in [1.807, 2.05) is 0 Å². The van der Waals surface area contributed by atoms with Crippen molar-refractivity contribution in [2.75, 3.05) is 4.90 Å². The highest BCUT2D eigenvalue weighted by Crippen LogP contribution is 2.54. The van der Waals surface area contributed by atoms with E-state index in [1.54, 1.807) is 0 Å². The van der Waals surface area contributed by atoms with Crippen LogP contribution in [0.2, 0.25) is 0 Å². The molecule has 0 spiro atoms. The van der Waals surface area contributed by atoms with Gasteiger partial charge in [0.05, 0.1) is 28.3 Å². The SMILES string of the molecule is C1=CC2C(c3ccccc3N2c2ccc(-c3ccccc3)cc2)c2c1n(-c1ccc3c(c1)c1ccc4ccccc4c1n3-c1ccccc1)c1ccccc21. The summed E-state index contributed by atoms with van der Waals surface area (Å²) in [5.41, 5.74) is 15.0. The second kappa shape index (κ2) is 11.7. The fourth-order valence-electron chi connectivity index (χ4n) is 9.74. The minimum Gasteiger partial charge on any atom is -0.333 e. The van der Waals surface area contributed by atoms with E-state index in [0.717, 1.165) is 0 Å². The van der Waals surface area contributed by atoms with Crippen LogP contribution in [0, 0.1) is 0 Å². The van der Waals surface area contributed by atoms with Gasteiger partial charge in [-0.15, -0.1) is 0 Å². The molecule has 3 heterocycles. The van der Waals surface area contributed by atoms with Crippen molar-refractivity contribution in [1.82, 2.24) is 9.13 Å². The van der Waals surface area contributed by atoms with E-state index in [4.69, 9.17) is 0 Å². The topological polar surface area (TPSA) is 13.1 Å². The zero-order valence-corrected chi connectivity index (χ0v) is 30.0. The largest absolute Gasteiger partial charge is 0.333 e. The summed E-state index contributed by atoms with van der Waals surface area (Å²) >= 11 is 0. The minimum atomic E-state index is 0.159. The van der Waals surface area contributed by atoms with E-state index in [1.165, 1.54) is 94.2 Å². The van der Waals surface area contributed by atoms with E-state index in [9.17, 15) is 0 Å². The first-order valence-corrected chi connectivity index (χ1v) is 19.2. The minimum absolute atomic E-state index is 0.159. The summed E-state index contributed by atoms with van der Waals surface area (Å²) in [5, 5.41) is 6.34. The van der Waals surface area contributed by atoms with Crippen molar-refractivity contribution in [3.8, 4) is 22.5 Å². The van der Waals surface area contributed by atoms with Crippen LogP contribution >= 0.6 is 0 Å². The van der Waals surface area contributed by atoms with Crippen molar-refractivity contribution in [2.45, 2.75) is 12.0 Å². The Morgan fingerprint density at radius 2 is 1.09 bits per heavy atom. The maximum absolute atomic E-state index is 2.55. The standard InChI is InChI=1S/C52H35N3/c1-3-13-34(14-4-1)35-23-26-38(27-24-35)53-45-21-11-9-19-42(45)50-48(53)31-32-49-51(50)43-20-10-12-22-46(43)54(49)39-28-30-47-44(33-39)41-29-25-36-15-7-8-18-40(36)52(41)55(47)37-16-5-2-6-17-37/h1-33,48,50H. The van der Waals surface area contributed by atoms with Crippen LogP contribution in [0.4, 0.5) is 11.4 Å². The lowest BCUT2D eigenvalue weighted by Crippen LogP contribution is -2.30. The summed E-state index contributed by atoms with van der Waals surface area (Å²) in [6, 6.07) is 69.1. The number of rotatable bonds is 4. The Hall–Kier alpha value is -7.10. The molecule has 0 fully saturated rings. The van der Waals surface area contributed by atoms with E-state index < -0.39 is 0 Å². The second-order valence-corrected chi connectivity index (χ2v) is 14.9. The number of anilines is 2. The van der Waals surface area contributed by atoms with Crippen molar-refractivity contribution in [2.24, 2.45) is 0 Å². The summed E-state index contributed by atoms with van der Waals surface area (Å²) in [7, 11) is 0. The molecule has 0 N–H and O–H groups in total. The molecule has 0 bridgehead atoms. The maximum Gasteiger partial charge on any atom is 0.0637 e. The Morgan fingerprint density at radius 3 is 1.95 bits per heavy atom. The molecular weight excluding hydrogens is 667 g/mol. The van der Waals surface area contributed by atoms with Crippen LogP contribution in [0.3, 0.4) is 0 Å². The smallest absolute Gasteiger partial charge is 0.0637 e. The zero-order chi connectivity index (χ0) is 36.0. The highest BCUT2D eigenvalue weighted by molar-refractivity contribution is 6.19. The molecule has 258 valence electrons. The van der Waals surface area contributed by atoms with E-state index in [-0.39, 0.29) is 12.0 Å². The van der Waals surface area contributed by atoms with Gasteiger partial charge in [-0.1, -0.05) is 140 Å². The Labute approximate surface area is 319 Å². The number of fused-ring (bicyclic) bond motifs is 12. The lowest BCUT2D eigenvalue weighted by molar-refractivity contribution is 0.725. The highest BCUT2D eigenvalue weighted by Gasteiger charge is 2.43. The predicted octanol–water partition coefficient (Wildman–Crippen LogP) is 13.2. The summed E-state index contributed by atoms with van der Waals surface area (Å²) in [6.45, 7) is 0. The summed E-state index contributed by atoms with van der Waals surface area (Å²) in [6.07, 6.45) is 4.83. The molecule has 2 unspecified atom stereocenters. The molecule has 0 amide bonds. The molecule has 0 radical (unpaired) electrons. The molecular formula is C52H35N3. The molecule has 3 nitrogen and oxygen atoms in total. The highest BCUT2D eigenvalue weighted by atomic mass is 15.2. The summed E-state index contributed by atoms with van der Waals surface area (Å²) < 4.78 is 4.95. The van der Waals surface area contributed by atoms with Crippen molar-refractivity contribution in [1.29, 1.82) is 0 Å². The fourth-order valence-corrected chi connectivity index (χ4v) is 9.74. The van der Waals surface area contributed by atoms with Gasteiger partial charge in [-0.2, -0.15) is 0 Å². The third-order valence-corrected chi connectivity index (χ3v) is 12.0. The number of benzene rings is 8. The molecule has 1 aliphatic heterocycles. The summed E-state index contributed by atoms with van der Waals surface area (Å²) in [5.74, 6) is 0.186. The van der Waals surface area contributed by atoms with Gasteiger partial charge < -0.3 is 14.0 Å². The third-order valence-electron chi connectivity index (χ3n) is 12.0. The Bertz CT molecular complexity index is 3150. The number of hydrogen-bond donors (Lipinski definition) is 0. The monoisotopic (exact) mass is 701 g/mol. The molecule has 8 aromatic carbocycles. The van der Waals surface area contributed by atoms with Gasteiger partial charge in [0.2, 0.25) is 0 Å². The lowest BCUT2D eigenvalue weighted by Gasteiger charge is -2.31. The number of nitrogens with zero attached hydrogens (tertiary/aromatic N) is 3. The Morgan fingerprint density at radius 1 is 0.418 bits per heavy atom. The van der Waals surface area contributed by atoms with Crippen molar-refractivity contribution in [3.05, 3.63) is 211 Å². The van der Waals surface area contributed by atoms with Gasteiger partial charge in [-0.05, 0) is 88.3 Å². The average Bonchev–Trinajstić information content (AvgIpc) is 3.90. The lowest BCUT2D eigenvalue weighted by atomic mass is 9.82. The summed E-state index contributed by atoms with van der Waals surface area (Å²) in [4.78, 5) is 2.55. The van der Waals surface area contributed by atoms with Gasteiger partial charge in [0, 0.05) is 50.2 Å². The van der Waals surface area contributed by atoms with Gasteiger partial charge in [0.1, 0.15) is 0 Å². The molecule has 0 saturated carbocycles. The number of hydrogen-bond acceptors (Lipinski definition) is 1. The van der Waals surface area contributed by atoms with Crippen LogP contribution in [0.1, 0.15) is 22.7 Å². The van der Waals surface area contributed by atoms with Gasteiger partial charge >= 0.3 is 0 Å². The average molecular weight is 702 g/mol. The van der Waals surface area contributed by atoms with Gasteiger partial charge in [-0.25, -0.2) is 0 Å². The van der Waals surface area contributed by atoms with Crippen LogP contribution in [0.25, 0.3) is 72.1 Å². The number of aromatic nitrogens is 2. The van der Waals surface area contributed by atoms with Crippen molar-refractivity contribution >= 4 is 60.9 Å². The van der Waals surface area contributed by atoms with Crippen LogP contribution in [0.5, 0.6) is 0 Å². The second-order valence-electron chi connectivity index (χ2n) is 14.9. The van der Waals surface area contributed by atoms with Gasteiger partial charge in [0.15, 0.2) is 0 Å². The first-order chi connectivity index (χ1) is 27.3. The van der Waals surface area contributed by atoms with Gasteiger partial charge in [-0.3, -0.25) is 0 Å². The van der Waals surface area contributed by atoms with Gasteiger partial charge in [0.25, 0.3) is 0 Å². The van der Waals surface area contributed by atoms with Crippen molar-refractivity contribution < 1.29 is 0 Å². The third kappa shape index (κ3) is 4.38. The van der Waals surface area contributed by atoms with E-state index in [2.05, 4.69) is 214 Å². The van der Waals surface area contributed by atoms with Crippen LogP contribution in [-0.2, 0) is 0 Å². The molecule has 55 heavy (non-hydrogen) atoms. The predicted molar refractivity (Wildman–Crippen MR) is 230 cm³/mol. The zero-order valence-electron chi connectivity index (χ0n) is 30.0. The van der Waals surface area contributed by atoms with Crippen molar-refractivity contribution in [3.63, 3.8) is 0 Å². The molecule has 12 rings (SSSR count). The Balaban J connectivity index is 1.05. The van der Waals surface area contributed by atoms with Crippen LogP contribution < -0.4 is 4.90 Å². The maximum atomic E-state index is 2.55. The van der Waals surface area contributed by atoms with Crippen LogP contribution in [0.15, 0.2) is 194 Å². The first-order valence-electron chi connectivity index (χ1n) is 19.2. The Kier molecular flexibility index (Phi) is 6.46. The normalized spacial score (nSPS) is 15.9. The molecule has 2 aliphatic rings. The molecule has 1 aliphatic carbocycles. The molecule has 2 atom stereocenters. The molecule has 10 aromatic rings. The van der Waals surface area contributed by atoms with E-state index in [0.29, 0.717) is 0 Å². The number of para-hydroxylation sites is 3. The fraction of sp³-hybridized carbons (Fsp3) is 0.0385. The molecule has 0 saturated heterocycles. The first kappa shape index (κ1) is 30.4. The molecule has 2 aromatic heterocycles. The van der Waals surface area contributed by atoms with Crippen LogP contribution in [-0.4, -0.2) is 15.2 Å². The quantitative estimate of drug-likeness (QED) is 0.178. The van der Waals surface area contributed by atoms with E-state index >= 15 is 0 Å². The molecule has 3 heteroatoms.